The molecule has 0 saturated carbocycles. The molecule has 1 amide bonds. The first-order chi connectivity index (χ1) is 9.19. The average Bonchev–Trinajstić information content (AvgIpc) is 2.42. The largest absolute Gasteiger partial charge is 0.496 e. The van der Waals surface area contributed by atoms with Crippen LogP contribution in [-0.4, -0.2) is 13.0 Å². The fourth-order valence-corrected chi connectivity index (χ4v) is 1.89. The number of hydrogen-bond acceptors (Lipinski definition) is 2. The third kappa shape index (κ3) is 3.73. The number of anilines is 1. The van der Waals surface area contributed by atoms with E-state index >= 15 is 0 Å². The van der Waals surface area contributed by atoms with E-state index in [4.69, 9.17) is 16.3 Å². The van der Waals surface area contributed by atoms with Crippen LogP contribution < -0.4 is 10.1 Å². The van der Waals surface area contributed by atoms with Gasteiger partial charge >= 0.3 is 0 Å². The lowest BCUT2D eigenvalue weighted by atomic mass is 10.1. The van der Waals surface area contributed by atoms with E-state index in [1.807, 2.05) is 24.3 Å². The normalized spacial score (nSPS) is 10.0. The van der Waals surface area contributed by atoms with Crippen LogP contribution in [0.25, 0.3) is 0 Å². The summed E-state index contributed by atoms with van der Waals surface area (Å²) in [5, 5.41) is 3.46. The molecule has 3 nitrogen and oxygen atoms in total. The Morgan fingerprint density at radius 1 is 1.16 bits per heavy atom. The number of ether oxygens (including phenoxy) is 1. The molecule has 1 N–H and O–H groups in total. The predicted molar refractivity (Wildman–Crippen MR) is 76.8 cm³/mol. The van der Waals surface area contributed by atoms with E-state index in [0.717, 1.165) is 11.3 Å². The van der Waals surface area contributed by atoms with E-state index in [1.165, 1.54) is 0 Å². The average molecular weight is 276 g/mol. The molecule has 0 bridgehead atoms. The number of carbonyl (C=O) groups is 1. The van der Waals surface area contributed by atoms with Crippen molar-refractivity contribution in [2.45, 2.75) is 6.42 Å². The number of carbonyl (C=O) groups excluding carboxylic acids is 1. The summed E-state index contributed by atoms with van der Waals surface area (Å²) in [5.41, 5.74) is 1.58. The smallest absolute Gasteiger partial charge is 0.228 e. The lowest BCUT2D eigenvalue weighted by molar-refractivity contribution is -0.115. The van der Waals surface area contributed by atoms with Crippen LogP contribution in [0.15, 0.2) is 48.5 Å². The molecule has 2 rings (SSSR count). The van der Waals surface area contributed by atoms with E-state index in [-0.39, 0.29) is 12.3 Å². The van der Waals surface area contributed by atoms with E-state index in [9.17, 15) is 4.79 Å². The number of amides is 1. The monoisotopic (exact) mass is 275 g/mol. The minimum atomic E-state index is -0.0909. The van der Waals surface area contributed by atoms with Crippen LogP contribution in [-0.2, 0) is 11.2 Å². The fraction of sp³-hybridized carbons (Fsp3) is 0.133. The van der Waals surface area contributed by atoms with E-state index in [0.29, 0.717) is 10.8 Å². The van der Waals surface area contributed by atoms with Gasteiger partial charge in [-0.15, -0.1) is 0 Å². The molecule has 0 radical (unpaired) electrons. The zero-order valence-electron chi connectivity index (χ0n) is 10.5. The summed E-state index contributed by atoms with van der Waals surface area (Å²) in [5.74, 6) is 0.626. The Hall–Kier alpha value is -2.00. The summed E-state index contributed by atoms with van der Waals surface area (Å²) in [6.45, 7) is 0. The van der Waals surface area contributed by atoms with Crippen LogP contribution in [0.1, 0.15) is 5.56 Å². The maximum Gasteiger partial charge on any atom is 0.228 e. The lowest BCUT2D eigenvalue weighted by Gasteiger charge is -2.08. The molecule has 0 aliphatic heterocycles. The van der Waals surface area contributed by atoms with Crippen molar-refractivity contribution in [3.63, 3.8) is 0 Å². The molecule has 0 unspecified atom stereocenters. The van der Waals surface area contributed by atoms with E-state index in [1.54, 1.807) is 31.4 Å². The zero-order valence-corrected chi connectivity index (χ0v) is 11.3. The highest BCUT2D eigenvalue weighted by molar-refractivity contribution is 6.30. The third-order valence-electron chi connectivity index (χ3n) is 2.67. The highest BCUT2D eigenvalue weighted by Crippen LogP contribution is 2.19. The van der Waals surface area contributed by atoms with Gasteiger partial charge in [-0.05, 0) is 30.3 Å². The lowest BCUT2D eigenvalue weighted by Crippen LogP contribution is -2.14. The Morgan fingerprint density at radius 2 is 1.84 bits per heavy atom. The molecule has 0 atom stereocenters. The molecule has 0 heterocycles. The summed E-state index contributed by atoms with van der Waals surface area (Å²) < 4.78 is 5.21. The standard InChI is InChI=1S/C15H14ClNO2/c1-19-14-5-3-2-4-11(14)10-15(18)17-13-8-6-12(16)7-9-13/h2-9H,10H2,1H3,(H,17,18). The summed E-state index contributed by atoms with van der Waals surface area (Å²) in [6.07, 6.45) is 0.270. The van der Waals surface area contributed by atoms with Gasteiger partial charge in [0.2, 0.25) is 5.91 Å². The number of benzene rings is 2. The van der Waals surface area contributed by atoms with E-state index in [2.05, 4.69) is 5.32 Å². The fourth-order valence-electron chi connectivity index (χ4n) is 1.76. The molecule has 0 aliphatic carbocycles. The first-order valence-corrected chi connectivity index (χ1v) is 6.24. The van der Waals surface area contributed by atoms with Crippen molar-refractivity contribution < 1.29 is 9.53 Å². The Bertz CT molecular complexity index is 567. The Kier molecular flexibility index (Phi) is 4.42. The maximum atomic E-state index is 11.9. The molecule has 0 saturated heterocycles. The Morgan fingerprint density at radius 3 is 2.53 bits per heavy atom. The van der Waals surface area contributed by atoms with Gasteiger partial charge in [0.1, 0.15) is 5.75 Å². The van der Waals surface area contributed by atoms with Crippen molar-refractivity contribution in [1.29, 1.82) is 0 Å². The second-order valence-corrected chi connectivity index (χ2v) is 4.48. The van der Waals surface area contributed by atoms with Gasteiger partial charge < -0.3 is 10.1 Å². The van der Waals surface area contributed by atoms with Gasteiger partial charge in [-0.3, -0.25) is 4.79 Å². The maximum absolute atomic E-state index is 11.9. The van der Waals surface area contributed by atoms with E-state index < -0.39 is 0 Å². The summed E-state index contributed by atoms with van der Waals surface area (Å²) in [6, 6.07) is 14.5. The predicted octanol–water partition coefficient (Wildman–Crippen LogP) is 3.53. The zero-order chi connectivity index (χ0) is 13.7. The van der Waals surface area contributed by atoms with Crippen molar-refractivity contribution in [2.75, 3.05) is 12.4 Å². The van der Waals surface area contributed by atoms with Gasteiger partial charge in [0.05, 0.1) is 13.5 Å². The van der Waals surface area contributed by atoms with Crippen molar-refractivity contribution in [1.82, 2.24) is 0 Å². The molecule has 0 aromatic heterocycles. The molecule has 19 heavy (non-hydrogen) atoms. The molecule has 0 fully saturated rings. The summed E-state index contributed by atoms with van der Waals surface area (Å²) >= 11 is 5.79. The summed E-state index contributed by atoms with van der Waals surface area (Å²) in [7, 11) is 1.59. The molecular formula is C15H14ClNO2. The van der Waals surface area contributed by atoms with Gasteiger partial charge in [-0.1, -0.05) is 29.8 Å². The number of halogens is 1. The number of rotatable bonds is 4. The highest BCUT2D eigenvalue weighted by Gasteiger charge is 2.08. The topological polar surface area (TPSA) is 38.3 Å². The SMILES string of the molecule is COc1ccccc1CC(=O)Nc1ccc(Cl)cc1. The highest BCUT2D eigenvalue weighted by atomic mass is 35.5. The molecule has 0 aliphatic rings. The Labute approximate surface area is 117 Å². The van der Waals surface area contributed by atoms with Gasteiger partial charge in [0.25, 0.3) is 0 Å². The number of hydrogen-bond donors (Lipinski definition) is 1. The molecule has 2 aromatic carbocycles. The van der Waals surface area contributed by atoms with Crippen molar-refractivity contribution >= 4 is 23.2 Å². The van der Waals surface area contributed by atoms with Crippen molar-refractivity contribution in [3.8, 4) is 5.75 Å². The molecule has 4 heteroatoms. The minimum Gasteiger partial charge on any atom is -0.496 e. The Balaban J connectivity index is 2.03. The van der Waals surface area contributed by atoms with Crippen LogP contribution in [0.5, 0.6) is 5.75 Å². The minimum absolute atomic E-state index is 0.0909. The van der Waals surface area contributed by atoms with Crippen molar-refractivity contribution in [3.05, 3.63) is 59.1 Å². The number of nitrogens with one attached hydrogen (secondary N) is 1. The van der Waals surface area contributed by atoms with Gasteiger partial charge in [-0.25, -0.2) is 0 Å². The van der Waals surface area contributed by atoms with Crippen LogP contribution in [0.3, 0.4) is 0 Å². The van der Waals surface area contributed by atoms with Gasteiger partial charge in [0, 0.05) is 16.3 Å². The molecule has 98 valence electrons. The van der Waals surface area contributed by atoms with Gasteiger partial charge in [0.15, 0.2) is 0 Å². The van der Waals surface area contributed by atoms with Crippen LogP contribution in [0.2, 0.25) is 5.02 Å². The first-order valence-electron chi connectivity index (χ1n) is 5.86. The number of para-hydroxylation sites is 1. The third-order valence-corrected chi connectivity index (χ3v) is 2.92. The first kappa shape index (κ1) is 13.4. The number of methoxy groups -OCH3 is 1. The van der Waals surface area contributed by atoms with Gasteiger partial charge in [-0.2, -0.15) is 0 Å². The summed E-state index contributed by atoms with van der Waals surface area (Å²) in [4.78, 5) is 11.9. The van der Waals surface area contributed by atoms with Crippen LogP contribution in [0.4, 0.5) is 5.69 Å². The second-order valence-electron chi connectivity index (χ2n) is 4.04. The molecule has 2 aromatic rings. The molecule has 0 spiro atoms. The quantitative estimate of drug-likeness (QED) is 0.927. The second kappa shape index (κ2) is 6.25. The van der Waals surface area contributed by atoms with Crippen molar-refractivity contribution in [2.24, 2.45) is 0 Å². The van der Waals surface area contributed by atoms with Crippen LogP contribution in [0, 0.1) is 0 Å². The van der Waals surface area contributed by atoms with Crippen LogP contribution >= 0.6 is 11.6 Å². The molecular weight excluding hydrogens is 262 g/mol.